The number of nitrogens with one attached hydrogen (secondary N) is 1. The smallest absolute Gasteiger partial charge is 0.105 e. The average molecular weight is 240 g/mol. The first-order valence-electron chi connectivity index (χ1n) is 6.11. The highest BCUT2D eigenvalue weighted by molar-refractivity contribution is 4.88. The summed E-state index contributed by atoms with van der Waals surface area (Å²) >= 11 is 0. The Labute approximate surface area is 104 Å². The molecular weight excluding hydrogens is 216 g/mol. The predicted molar refractivity (Wildman–Crippen MR) is 69.2 cm³/mol. The number of rotatable bonds is 9. The molecule has 0 spiro atoms. The minimum absolute atomic E-state index is 0.775. The summed E-state index contributed by atoms with van der Waals surface area (Å²) in [7, 11) is 4.10. The number of aromatic nitrogens is 2. The fourth-order valence-electron chi connectivity index (χ4n) is 1.46. The molecule has 1 heterocycles. The van der Waals surface area contributed by atoms with E-state index in [0.717, 1.165) is 45.2 Å². The van der Waals surface area contributed by atoms with Crippen LogP contribution in [0.1, 0.15) is 5.82 Å². The molecule has 5 nitrogen and oxygen atoms in total. The van der Waals surface area contributed by atoms with Gasteiger partial charge >= 0.3 is 0 Å². The van der Waals surface area contributed by atoms with E-state index >= 15 is 0 Å². The maximum Gasteiger partial charge on any atom is 0.105 e. The summed E-state index contributed by atoms with van der Waals surface area (Å²) < 4.78 is 7.62. The van der Waals surface area contributed by atoms with Crippen LogP contribution >= 0.6 is 0 Å². The van der Waals surface area contributed by atoms with Gasteiger partial charge in [0, 0.05) is 38.6 Å². The van der Waals surface area contributed by atoms with Gasteiger partial charge in [0.1, 0.15) is 5.82 Å². The van der Waals surface area contributed by atoms with Crippen molar-refractivity contribution < 1.29 is 4.74 Å². The molecule has 0 radical (unpaired) electrons. The van der Waals surface area contributed by atoms with Gasteiger partial charge in [0.15, 0.2) is 0 Å². The molecule has 0 fully saturated rings. The summed E-state index contributed by atoms with van der Waals surface area (Å²) in [5, 5.41) is 3.35. The summed E-state index contributed by atoms with van der Waals surface area (Å²) in [5.74, 6) is 1.06. The quantitative estimate of drug-likeness (QED) is 0.633. The van der Waals surface area contributed by atoms with Crippen molar-refractivity contribution >= 4 is 0 Å². The van der Waals surface area contributed by atoms with Crippen LogP contribution in [0.15, 0.2) is 12.4 Å². The normalized spacial score (nSPS) is 11.3. The van der Waals surface area contributed by atoms with E-state index in [0.29, 0.717) is 0 Å². The van der Waals surface area contributed by atoms with Gasteiger partial charge in [-0.05, 0) is 21.0 Å². The minimum atomic E-state index is 0.775. The number of likely N-dealkylation sites (N-methyl/N-ethyl adjacent to an activating group) is 1. The summed E-state index contributed by atoms with van der Waals surface area (Å²) in [6.07, 6.45) is 3.84. The molecule has 0 saturated heterocycles. The Morgan fingerprint density at radius 1 is 1.35 bits per heavy atom. The first-order chi connectivity index (χ1) is 8.20. The van der Waals surface area contributed by atoms with Gasteiger partial charge in [-0.25, -0.2) is 4.98 Å². The van der Waals surface area contributed by atoms with Crippen molar-refractivity contribution in [3.63, 3.8) is 0 Å². The fraction of sp³-hybridized carbons (Fsp3) is 0.750. The molecule has 0 saturated carbocycles. The highest BCUT2D eigenvalue weighted by atomic mass is 16.5. The van der Waals surface area contributed by atoms with Gasteiger partial charge in [0.2, 0.25) is 0 Å². The minimum Gasteiger partial charge on any atom is -0.379 e. The van der Waals surface area contributed by atoms with Crippen molar-refractivity contribution in [1.82, 2.24) is 19.8 Å². The van der Waals surface area contributed by atoms with Crippen LogP contribution in [0.3, 0.4) is 0 Å². The molecule has 17 heavy (non-hydrogen) atoms. The number of hydrogen-bond acceptors (Lipinski definition) is 4. The van der Waals surface area contributed by atoms with Gasteiger partial charge in [-0.2, -0.15) is 0 Å². The van der Waals surface area contributed by atoms with Crippen LogP contribution in [0.25, 0.3) is 0 Å². The molecule has 0 atom stereocenters. The van der Waals surface area contributed by atoms with Crippen molar-refractivity contribution in [2.75, 3.05) is 46.9 Å². The number of nitrogens with zero attached hydrogens (tertiary/aromatic N) is 3. The Morgan fingerprint density at radius 3 is 2.82 bits per heavy atom. The standard InChI is InChI=1S/C12H24N4O/c1-12-14-5-8-16(12)7-4-13-6-10-17-11-9-15(2)3/h5,8,13H,4,6-7,9-11H2,1-3H3. The predicted octanol–water partition coefficient (Wildman–Crippen LogP) is 0.359. The van der Waals surface area contributed by atoms with Gasteiger partial charge < -0.3 is 19.5 Å². The van der Waals surface area contributed by atoms with E-state index in [9.17, 15) is 0 Å². The molecule has 0 aliphatic rings. The average Bonchev–Trinajstić information content (AvgIpc) is 2.68. The highest BCUT2D eigenvalue weighted by Gasteiger charge is 1.95. The molecule has 0 aromatic carbocycles. The van der Waals surface area contributed by atoms with Crippen molar-refractivity contribution in [2.24, 2.45) is 0 Å². The van der Waals surface area contributed by atoms with E-state index in [1.54, 1.807) is 0 Å². The molecule has 1 rings (SSSR count). The third kappa shape index (κ3) is 6.41. The zero-order valence-corrected chi connectivity index (χ0v) is 11.1. The molecule has 1 aromatic rings. The van der Waals surface area contributed by atoms with Crippen LogP contribution in [0.4, 0.5) is 0 Å². The molecule has 0 aliphatic heterocycles. The van der Waals surface area contributed by atoms with Crippen LogP contribution in [0.5, 0.6) is 0 Å². The monoisotopic (exact) mass is 240 g/mol. The molecule has 98 valence electrons. The third-order valence-corrected chi connectivity index (χ3v) is 2.56. The second-order valence-electron chi connectivity index (χ2n) is 4.33. The maximum absolute atomic E-state index is 5.48. The van der Waals surface area contributed by atoms with Crippen molar-refractivity contribution in [1.29, 1.82) is 0 Å². The zero-order valence-electron chi connectivity index (χ0n) is 11.1. The Morgan fingerprint density at radius 2 is 2.18 bits per heavy atom. The molecule has 0 unspecified atom stereocenters. The van der Waals surface area contributed by atoms with E-state index in [1.165, 1.54) is 0 Å². The topological polar surface area (TPSA) is 42.3 Å². The van der Waals surface area contributed by atoms with Gasteiger partial charge in [-0.1, -0.05) is 0 Å². The van der Waals surface area contributed by atoms with Gasteiger partial charge in [-0.3, -0.25) is 0 Å². The van der Waals surface area contributed by atoms with Crippen LogP contribution in [0.2, 0.25) is 0 Å². The summed E-state index contributed by atoms with van der Waals surface area (Å²) in [5.41, 5.74) is 0. The lowest BCUT2D eigenvalue weighted by molar-refractivity contribution is 0.119. The molecule has 0 aliphatic carbocycles. The van der Waals surface area contributed by atoms with Gasteiger partial charge in [0.25, 0.3) is 0 Å². The number of aryl methyl sites for hydroxylation is 1. The van der Waals surface area contributed by atoms with E-state index in [-0.39, 0.29) is 0 Å². The molecule has 0 bridgehead atoms. The molecular formula is C12H24N4O. The van der Waals surface area contributed by atoms with E-state index < -0.39 is 0 Å². The molecule has 0 amide bonds. The fourth-order valence-corrected chi connectivity index (χ4v) is 1.46. The SMILES string of the molecule is Cc1nccn1CCNCCOCCN(C)C. The van der Waals surface area contributed by atoms with E-state index in [2.05, 4.69) is 33.9 Å². The lowest BCUT2D eigenvalue weighted by Gasteiger charge is -2.10. The third-order valence-electron chi connectivity index (χ3n) is 2.56. The van der Waals surface area contributed by atoms with Crippen LogP contribution in [0, 0.1) is 6.92 Å². The largest absolute Gasteiger partial charge is 0.379 e. The zero-order chi connectivity index (χ0) is 12.5. The number of hydrogen-bond donors (Lipinski definition) is 1. The summed E-state index contributed by atoms with van der Waals surface area (Å²) in [6.45, 7) is 7.39. The van der Waals surface area contributed by atoms with Crippen molar-refractivity contribution in [3.05, 3.63) is 18.2 Å². The van der Waals surface area contributed by atoms with Crippen molar-refractivity contribution in [3.8, 4) is 0 Å². The molecule has 5 heteroatoms. The van der Waals surface area contributed by atoms with Crippen molar-refractivity contribution in [2.45, 2.75) is 13.5 Å². The van der Waals surface area contributed by atoms with E-state index in [1.807, 2.05) is 19.3 Å². The van der Waals surface area contributed by atoms with E-state index in [4.69, 9.17) is 4.74 Å². The second kappa shape index (κ2) is 8.22. The Hall–Kier alpha value is -0.910. The Kier molecular flexibility index (Phi) is 6.84. The maximum atomic E-state index is 5.48. The van der Waals surface area contributed by atoms with Crippen LogP contribution < -0.4 is 5.32 Å². The Bertz CT molecular complexity index is 298. The lowest BCUT2D eigenvalue weighted by Crippen LogP contribution is -2.25. The second-order valence-corrected chi connectivity index (χ2v) is 4.33. The Balaban J connectivity index is 1.90. The lowest BCUT2D eigenvalue weighted by atomic mass is 10.5. The van der Waals surface area contributed by atoms with Gasteiger partial charge in [-0.15, -0.1) is 0 Å². The first-order valence-corrected chi connectivity index (χ1v) is 6.11. The van der Waals surface area contributed by atoms with Crippen LogP contribution in [-0.4, -0.2) is 61.4 Å². The first kappa shape index (κ1) is 14.2. The summed E-state index contributed by atoms with van der Waals surface area (Å²) in [4.78, 5) is 6.30. The number of imidazole rings is 1. The van der Waals surface area contributed by atoms with Gasteiger partial charge in [0.05, 0.1) is 13.2 Å². The van der Waals surface area contributed by atoms with Crippen LogP contribution in [-0.2, 0) is 11.3 Å². The summed E-state index contributed by atoms with van der Waals surface area (Å²) in [6, 6.07) is 0. The highest BCUT2D eigenvalue weighted by Crippen LogP contribution is 1.93. The number of ether oxygens (including phenoxy) is 1. The molecule has 1 aromatic heterocycles. The molecule has 1 N–H and O–H groups in total.